The number of hydrogen-bond donors (Lipinski definition) is 2. The van der Waals surface area contributed by atoms with E-state index in [-0.39, 0.29) is 22.9 Å². The number of hydroxylamine groups is 2. The quantitative estimate of drug-likeness (QED) is 0.788. The topological polar surface area (TPSA) is 109 Å². The zero-order valence-corrected chi connectivity index (χ0v) is 14.0. The summed E-state index contributed by atoms with van der Waals surface area (Å²) >= 11 is 0. The van der Waals surface area contributed by atoms with Gasteiger partial charge in [0.25, 0.3) is 10.0 Å². The summed E-state index contributed by atoms with van der Waals surface area (Å²) in [6, 6.07) is 2.31. The molecule has 128 valence electrons. The number of aromatic nitrogens is 1. The number of pyridine rings is 1. The summed E-state index contributed by atoms with van der Waals surface area (Å²) < 4.78 is 26.5. The third kappa shape index (κ3) is 4.63. The Balaban J connectivity index is 1.98. The molecule has 23 heavy (non-hydrogen) atoms. The standard InChI is InChI=1S/C14H21N3O5S/c1-10-12(3-4-13(18)15-10)23(20,21)16-14(19)9-11-5-7-17(22-2)8-6-11/h3-4,11H,5-9H2,1-2H3,(H,15,18)(H,16,19). The number of nitrogens with one attached hydrogen (secondary N) is 2. The van der Waals surface area contributed by atoms with Crippen LogP contribution < -0.4 is 10.3 Å². The van der Waals surface area contributed by atoms with Crippen molar-refractivity contribution < 1.29 is 18.0 Å². The molecule has 2 N–H and O–H groups in total. The normalized spacial score (nSPS) is 17.1. The average Bonchev–Trinajstić information content (AvgIpc) is 2.46. The van der Waals surface area contributed by atoms with Gasteiger partial charge in [-0.25, -0.2) is 13.1 Å². The van der Waals surface area contributed by atoms with E-state index in [1.807, 2.05) is 5.06 Å². The van der Waals surface area contributed by atoms with Crippen LogP contribution in [0.3, 0.4) is 0 Å². The second kappa shape index (κ2) is 7.24. The molecule has 1 amide bonds. The Bertz CT molecular complexity index is 720. The minimum atomic E-state index is -3.98. The number of aromatic amines is 1. The maximum atomic E-state index is 12.2. The molecule has 0 aromatic carbocycles. The summed E-state index contributed by atoms with van der Waals surface area (Å²) in [7, 11) is -2.37. The van der Waals surface area contributed by atoms with Gasteiger partial charge in [-0.15, -0.1) is 0 Å². The zero-order chi connectivity index (χ0) is 17.0. The van der Waals surface area contributed by atoms with Gasteiger partial charge in [-0.1, -0.05) is 0 Å². The van der Waals surface area contributed by atoms with Crippen molar-refractivity contribution in [1.29, 1.82) is 0 Å². The van der Waals surface area contributed by atoms with E-state index in [1.54, 1.807) is 7.11 Å². The van der Waals surface area contributed by atoms with Gasteiger partial charge in [0.2, 0.25) is 11.5 Å². The molecule has 1 aliphatic heterocycles. The van der Waals surface area contributed by atoms with Gasteiger partial charge in [0.15, 0.2) is 0 Å². The fraction of sp³-hybridized carbons (Fsp3) is 0.571. The van der Waals surface area contributed by atoms with E-state index in [2.05, 4.69) is 9.71 Å². The third-order valence-corrected chi connectivity index (χ3v) is 5.43. The summed E-state index contributed by atoms with van der Waals surface area (Å²) in [6.45, 7) is 2.92. The summed E-state index contributed by atoms with van der Waals surface area (Å²) in [4.78, 5) is 30.6. The first-order valence-corrected chi connectivity index (χ1v) is 8.85. The van der Waals surface area contributed by atoms with Crippen LogP contribution in [-0.2, 0) is 19.7 Å². The number of hydrogen-bond acceptors (Lipinski definition) is 6. The molecule has 0 radical (unpaired) electrons. The Morgan fingerprint density at radius 3 is 2.61 bits per heavy atom. The second-order valence-corrected chi connectivity index (χ2v) is 7.25. The van der Waals surface area contributed by atoms with Crippen LogP contribution in [0, 0.1) is 12.8 Å². The van der Waals surface area contributed by atoms with Crippen LogP contribution in [0.2, 0.25) is 0 Å². The SMILES string of the molecule is CON1CCC(CC(=O)NS(=O)(=O)c2ccc(=O)[nH]c2C)CC1. The van der Waals surface area contributed by atoms with Crippen molar-refractivity contribution in [3.63, 3.8) is 0 Å². The van der Waals surface area contributed by atoms with Gasteiger partial charge < -0.3 is 9.82 Å². The number of carbonyl (C=O) groups excluding carboxylic acids is 1. The van der Waals surface area contributed by atoms with E-state index in [9.17, 15) is 18.0 Å². The lowest BCUT2D eigenvalue weighted by molar-refractivity contribution is -0.149. The van der Waals surface area contributed by atoms with E-state index >= 15 is 0 Å². The summed E-state index contributed by atoms with van der Waals surface area (Å²) in [5.74, 6) is -0.403. The smallest absolute Gasteiger partial charge is 0.265 e. The van der Waals surface area contributed by atoms with E-state index in [0.717, 1.165) is 32.0 Å². The Hall–Kier alpha value is -1.71. The number of piperidine rings is 1. The number of aryl methyl sites for hydroxylation is 1. The molecular weight excluding hydrogens is 322 g/mol. The Morgan fingerprint density at radius 2 is 2.04 bits per heavy atom. The lowest BCUT2D eigenvalue weighted by Crippen LogP contribution is -2.37. The molecule has 1 aliphatic rings. The minimum Gasteiger partial charge on any atom is -0.325 e. The van der Waals surface area contributed by atoms with Crippen molar-refractivity contribution in [2.75, 3.05) is 20.2 Å². The van der Waals surface area contributed by atoms with Crippen LogP contribution in [0.1, 0.15) is 25.0 Å². The van der Waals surface area contributed by atoms with E-state index < -0.39 is 21.5 Å². The highest BCUT2D eigenvalue weighted by Crippen LogP contribution is 2.20. The second-order valence-electron chi connectivity index (χ2n) is 5.60. The largest absolute Gasteiger partial charge is 0.325 e. The van der Waals surface area contributed by atoms with E-state index in [1.165, 1.54) is 13.0 Å². The number of carbonyl (C=O) groups is 1. The molecule has 1 aromatic rings. The van der Waals surface area contributed by atoms with Crippen LogP contribution in [0.25, 0.3) is 0 Å². The highest BCUT2D eigenvalue weighted by Gasteiger charge is 2.25. The predicted octanol–water partition coefficient (Wildman–Crippen LogP) is 0.152. The first kappa shape index (κ1) is 17.6. The molecule has 1 fully saturated rings. The highest BCUT2D eigenvalue weighted by molar-refractivity contribution is 7.90. The summed E-state index contributed by atoms with van der Waals surface area (Å²) in [6.07, 6.45) is 1.71. The fourth-order valence-electron chi connectivity index (χ4n) is 2.66. The van der Waals surface area contributed by atoms with Gasteiger partial charge >= 0.3 is 0 Å². The Labute approximate surface area is 134 Å². The van der Waals surface area contributed by atoms with Gasteiger partial charge in [0.1, 0.15) is 4.90 Å². The molecular formula is C14H21N3O5S. The van der Waals surface area contributed by atoms with Gasteiger partial charge in [-0.3, -0.25) is 9.59 Å². The first-order valence-electron chi connectivity index (χ1n) is 7.36. The van der Waals surface area contributed by atoms with Crippen LogP contribution in [0.4, 0.5) is 0 Å². The van der Waals surface area contributed by atoms with Crippen LogP contribution >= 0.6 is 0 Å². The molecule has 2 rings (SSSR count). The summed E-state index contributed by atoms with van der Waals surface area (Å²) in [5, 5.41) is 1.81. The van der Waals surface area contributed by atoms with Crippen molar-refractivity contribution >= 4 is 15.9 Å². The number of sulfonamides is 1. The van der Waals surface area contributed by atoms with Crippen molar-refractivity contribution in [1.82, 2.24) is 14.8 Å². The third-order valence-electron chi connectivity index (χ3n) is 3.91. The lowest BCUT2D eigenvalue weighted by atomic mass is 9.94. The van der Waals surface area contributed by atoms with Gasteiger partial charge in [-0.05, 0) is 31.7 Å². The van der Waals surface area contributed by atoms with E-state index in [0.29, 0.717) is 0 Å². The average molecular weight is 343 g/mol. The lowest BCUT2D eigenvalue weighted by Gasteiger charge is -2.29. The van der Waals surface area contributed by atoms with Crippen LogP contribution in [-0.4, -0.2) is 44.6 Å². The Morgan fingerprint density at radius 1 is 1.39 bits per heavy atom. The van der Waals surface area contributed by atoms with Crippen molar-refractivity contribution in [3.05, 3.63) is 28.2 Å². The molecule has 9 heteroatoms. The molecule has 0 bridgehead atoms. The zero-order valence-electron chi connectivity index (χ0n) is 13.2. The maximum absolute atomic E-state index is 12.2. The predicted molar refractivity (Wildman–Crippen MR) is 83.1 cm³/mol. The first-order chi connectivity index (χ1) is 10.8. The van der Waals surface area contributed by atoms with Crippen molar-refractivity contribution in [3.8, 4) is 0 Å². The molecule has 8 nitrogen and oxygen atoms in total. The molecule has 0 unspecified atom stereocenters. The number of H-pyrrole nitrogens is 1. The monoisotopic (exact) mass is 343 g/mol. The Kier molecular flexibility index (Phi) is 5.55. The van der Waals surface area contributed by atoms with Gasteiger partial charge in [-0.2, -0.15) is 5.06 Å². The molecule has 0 saturated carbocycles. The molecule has 0 aliphatic carbocycles. The highest BCUT2D eigenvalue weighted by atomic mass is 32.2. The molecule has 1 aromatic heterocycles. The van der Waals surface area contributed by atoms with E-state index in [4.69, 9.17) is 4.84 Å². The molecule has 1 saturated heterocycles. The van der Waals surface area contributed by atoms with Gasteiger partial charge in [0.05, 0.1) is 7.11 Å². The number of rotatable bonds is 5. The molecule has 2 heterocycles. The molecule has 0 spiro atoms. The fourth-order valence-corrected chi connectivity index (χ4v) is 3.85. The summed E-state index contributed by atoms with van der Waals surface area (Å²) in [5.41, 5.74) is -0.191. The van der Waals surface area contributed by atoms with Crippen molar-refractivity contribution in [2.45, 2.75) is 31.1 Å². The van der Waals surface area contributed by atoms with Crippen LogP contribution in [0.15, 0.2) is 21.8 Å². The van der Waals surface area contributed by atoms with Gasteiger partial charge in [0, 0.05) is 31.3 Å². The number of amides is 1. The van der Waals surface area contributed by atoms with Crippen molar-refractivity contribution in [2.24, 2.45) is 5.92 Å². The minimum absolute atomic E-state index is 0.0975. The number of nitrogens with zero attached hydrogens (tertiary/aromatic N) is 1. The van der Waals surface area contributed by atoms with Crippen LogP contribution in [0.5, 0.6) is 0 Å². The molecule has 0 atom stereocenters. The maximum Gasteiger partial charge on any atom is 0.265 e.